The standard InChI is InChI=1S/C25H18F3N7O3S.C4H10O/c1-38-19-8-12(7-16-22(19)33-24(34-23(16)29)13-10-31-25(30)32-11-13)15-3-2-4-18(21(15)28)35-39(36,37)20-6-5-14(26)9-17(20)27;1-3-5-4-2/h2-11,35H,1H3,(H2,29,33,34)(H2,30,31,32);3-4H2,1-2H3. The van der Waals surface area contributed by atoms with E-state index in [1.165, 1.54) is 43.8 Å². The monoisotopic (exact) mass is 627 g/mol. The highest BCUT2D eigenvalue weighted by atomic mass is 32.2. The topological polar surface area (TPSA) is 168 Å². The third-order valence-electron chi connectivity index (χ3n) is 6.09. The first-order valence-corrected chi connectivity index (χ1v) is 14.5. The molecule has 230 valence electrons. The summed E-state index contributed by atoms with van der Waals surface area (Å²) in [5.74, 6) is -2.67. The Bertz CT molecular complexity index is 1910. The third kappa shape index (κ3) is 6.95. The fourth-order valence-corrected chi connectivity index (χ4v) is 5.17. The predicted octanol–water partition coefficient (Wildman–Crippen LogP) is 5.19. The number of nitrogen functional groups attached to an aromatic ring is 2. The highest BCUT2D eigenvalue weighted by Gasteiger charge is 2.23. The van der Waals surface area contributed by atoms with Crippen LogP contribution in [-0.4, -0.2) is 48.7 Å². The summed E-state index contributed by atoms with van der Waals surface area (Å²) in [6.07, 6.45) is 2.87. The Kier molecular flexibility index (Phi) is 9.80. The molecule has 0 spiro atoms. The lowest BCUT2D eigenvalue weighted by atomic mass is 10.0. The average molecular weight is 628 g/mol. The largest absolute Gasteiger partial charge is 0.494 e. The van der Waals surface area contributed by atoms with Crippen LogP contribution in [0.4, 0.5) is 30.6 Å². The fraction of sp³-hybridized carbons (Fsp3) is 0.172. The molecule has 0 aliphatic rings. The van der Waals surface area contributed by atoms with Gasteiger partial charge in [0, 0.05) is 42.6 Å². The van der Waals surface area contributed by atoms with Crippen molar-refractivity contribution in [1.82, 2.24) is 19.9 Å². The van der Waals surface area contributed by atoms with Crippen LogP contribution in [-0.2, 0) is 14.8 Å². The predicted molar refractivity (Wildman–Crippen MR) is 161 cm³/mol. The van der Waals surface area contributed by atoms with E-state index in [0.717, 1.165) is 31.4 Å². The van der Waals surface area contributed by atoms with Crippen LogP contribution < -0.4 is 20.9 Å². The summed E-state index contributed by atoms with van der Waals surface area (Å²) in [5, 5.41) is 0.336. The van der Waals surface area contributed by atoms with Crippen LogP contribution in [0.3, 0.4) is 0 Å². The summed E-state index contributed by atoms with van der Waals surface area (Å²) in [4.78, 5) is 15.8. The quantitative estimate of drug-likeness (QED) is 0.208. The first-order chi connectivity index (χ1) is 21.0. The number of ether oxygens (including phenoxy) is 2. The fourth-order valence-electron chi connectivity index (χ4n) is 4.05. The van der Waals surface area contributed by atoms with Crippen molar-refractivity contribution >= 4 is 38.4 Å². The highest BCUT2D eigenvalue weighted by Crippen LogP contribution is 2.37. The van der Waals surface area contributed by atoms with Gasteiger partial charge in [-0.2, -0.15) is 0 Å². The number of benzene rings is 3. The maximum Gasteiger partial charge on any atom is 0.264 e. The molecule has 5 rings (SSSR count). The molecule has 0 saturated carbocycles. The number of nitrogens with one attached hydrogen (secondary N) is 1. The molecular weight excluding hydrogens is 599 g/mol. The van der Waals surface area contributed by atoms with E-state index in [0.29, 0.717) is 22.5 Å². The summed E-state index contributed by atoms with van der Waals surface area (Å²) < 4.78 is 80.7. The third-order valence-corrected chi connectivity index (χ3v) is 7.49. The minimum atomic E-state index is -4.58. The van der Waals surface area contributed by atoms with E-state index in [9.17, 15) is 17.2 Å². The Balaban J connectivity index is 0.000000818. The summed E-state index contributed by atoms with van der Waals surface area (Å²) in [6, 6.07) is 8.93. The zero-order chi connectivity index (χ0) is 32.0. The second kappa shape index (κ2) is 13.5. The molecule has 0 atom stereocenters. The molecular formula is C29H28F3N7O4S. The lowest BCUT2D eigenvalue weighted by molar-refractivity contribution is 0.162. The van der Waals surface area contributed by atoms with Crippen molar-refractivity contribution in [1.29, 1.82) is 0 Å². The first kappa shape index (κ1) is 31.9. The Morgan fingerprint density at radius 1 is 0.909 bits per heavy atom. The molecule has 44 heavy (non-hydrogen) atoms. The lowest BCUT2D eigenvalue weighted by Gasteiger charge is -2.14. The van der Waals surface area contributed by atoms with Crippen molar-refractivity contribution in [3.8, 4) is 28.3 Å². The van der Waals surface area contributed by atoms with Gasteiger partial charge in [-0.15, -0.1) is 0 Å². The number of nitrogens with two attached hydrogens (primary N) is 2. The summed E-state index contributed by atoms with van der Waals surface area (Å²) in [7, 11) is -3.19. The van der Waals surface area contributed by atoms with E-state index in [-0.39, 0.29) is 34.5 Å². The number of methoxy groups -OCH3 is 1. The van der Waals surface area contributed by atoms with Crippen molar-refractivity contribution in [3.05, 3.63) is 78.4 Å². The number of rotatable bonds is 8. The highest BCUT2D eigenvalue weighted by molar-refractivity contribution is 7.92. The molecule has 0 unspecified atom stereocenters. The molecule has 0 bridgehead atoms. The van der Waals surface area contributed by atoms with Crippen LogP contribution in [0.2, 0.25) is 0 Å². The van der Waals surface area contributed by atoms with Crippen molar-refractivity contribution in [3.63, 3.8) is 0 Å². The molecule has 15 heteroatoms. The van der Waals surface area contributed by atoms with E-state index >= 15 is 4.39 Å². The van der Waals surface area contributed by atoms with Gasteiger partial charge in [-0.25, -0.2) is 41.5 Å². The number of hydrogen-bond acceptors (Lipinski definition) is 10. The van der Waals surface area contributed by atoms with Crippen molar-refractivity contribution < 1.29 is 31.1 Å². The Morgan fingerprint density at radius 3 is 2.23 bits per heavy atom. The van der Waals surface area contributed by atoms with Gasteiger partial charge in [-0.1, -0.05) is 12.1 Å². The number of fused-ring (bicyclic) bond motifs is 1. The van der Waals surface area contributed by atoms with Crippen LogP contribution in [0.5, 0.6) is 5.75 Å². The normalized spacial score (nSPS) is 11.1. The molecule has 2 heterocycles. The van der Waals surface area contributed by atoms with E-state index in [1.807, 2.05) is 18.6 Å². The molecule has 3 aromatic carbocycles. The maximum absolute atomic E-state index is 15.6. The molecule has 11 nitrogen and oxygen atoms in total. The summed E-state index contributed by atoms with van der Waals surface area (Å²) in [5.41, 5.74) is 12.3. The number of aromatic nitrogens is 4. The van der Waals surface area contributed by atoms with Gasteiger partial charge in [-0.05, 0) is 49.7 Å². The Morgan fingerprint density at radius 2 is 1.61 bits per heavy atom. The number of anilines is 3. The van der Waals surface area contributed by atoms with Crippen molar-refractivity contribution in [2.45, 2.75) is 18.7 Å². The maximum atomic E-state index is 15.6. The molecule has 2 aromatic heterocycles. The molecule has 0 amide bonds. The second-order valence-electron chi connectivity index (χ2n) is 8.97. The molecule has 0 aliphatic carbocycles. The van der Waals surface area contributed by atoms with Crippen molar-refractivity contribution in [2.75, 3.05) is 36.5 Å². The van der Waals surface area contributed by atoms with Gasteiger partial charge in [0.1, 0.15) is 33.6 Å². The number of halogens is 3. The van der Waals surface area contributed by atoms with Crippen molar-refractivity contribution in [2.24, 2.45) is 0 Å². The lowest BCUT2D eigenvalue weighted by Crippen LogP contribution is -2.16. The smallest absolute Gasteiger partial charge is 0.264 e. The van der Waals surface area contributed by atoms with Crippen LogP contribution in [0, 0.1) is 17.5 Å². The minimum absolute atomic E-state index is 0.0228. The number of nitrogens with zero attached hydrogens (tertiary/aromatic N) is 4. The van der Waals surface area contributed by atoms with E-state index < -0.39 is 38.1 Å². The minimum Gasteiger partial charge on any atom is -0.494 e. The number of hydrogen-bond donors (Lipinski definition) is 3. The zero-order valence-corrected chi connectivity index (χ0v) is 24.6. The molecule has 0 aliphatic heterocycles. The van der Waals surface area contributed by atoms with Gasteiger partial charge in [0.25, 0.3) is 10.0 Å². The summed E-state index contributed by atoms with van der Waals surface area (Å²) in [6.45, 7) is 5.67. The molecule has 0 saturated heterocycles. The van der Waals surface area contributed by atoms with E-state index in [2.05, 4.69) is 19.9 Å². The van der Waals surface area contributed by atoms with Gasteiger partial charge in [-0.3, -0.25) is 4.72 Å². The zero-order valence-electron chi connectivity index (χ0n) is 23.8. The molecule has 0 radical (unpaired) electrons. The Hall–Kier alpha value is -5.02. The van der Waals surface area contributed by atoms with E-state index in [1.54, 1.807) is 0 Å². The van der Waals surface area contributed by atoms with Gasteiger partial charge < -0.3 is 20.9 Å². The van der Waals surface area contributed by atoms with Crippen LogP contribution in [0.1, 0.15) is 13.8 Å². The molecule has 5 N–H and O–H groups in total. The van der Waals surface area contributed by atoms with Crippen LogP contribution in [0.15, 0.2) is 65.8 Å². The van der Waals surface area contributed by atoms with Gasteiger partial charge in [0.15, 0.2) is 11.6 Å². The first-order valence-electron chi connectivity index (χ1n) is 13.1. The van der Waals surface area contributed by atoms with Gasteiger partial charge >= 0.3 is 0 Å². The van der Waals surface area contributed by atoms with Gasteiger partial charge in [0.2, 0.25) is 5.95 Å². The molecule has 5 aromatic rings. The SMILES string of the molecule is CCOCC.COc1cc(-c2cccc(NS(=O)(=O)c3ccc(F)cc3F)c2F)cc2c(N)nc(-c3cnc(N)nc3)nc12. The van der Waals surface area contributed by atoms with Crippen LogP contribution >= 0.6 is 0 Å². The molecule has 0 fully saturated rings. The van der Waals surface area contributed by atoms with E-state index in [4.69, 9.17) is 20.9 Å². The summed E-state index contributed by atoms with van der Waals surface area (Å²) >= 11 is 0. The number of sulfonamides is 1. The van der Waals surface area contributed by atoms with Gasteiger partial charge in [0.05, 0.1) is 18.4 Å². The Labute approximate surface area is 251 Å². The van der Waals surface area contributed by atoms with Crippen LogP contribution in [0.25, 0.3) is 33.4 Å². The second-order valence-corrected chi connectivity index (χ2v) is 10.6. The average Bonchev–Trinajstić information content (AvgIpc) is 2.98.